The number of carbonyl (C=O) groups is 5. The van der Waals surface area contributed by atoms with Crippen molar-refractivity contribution < 1.29 is 33.4 Å². The smallest absolute Gasteiger partial charge is 0.407 e. The van der Waals surface area contributed by atoms with Crippen LogP contribution in [-0.2, 0) is 28.7 Å². The Labute approximate surface area is 324 Å². The number of ether oxygens (including phenoxy) is 2. The van der Waals surface area contributed by atoms with E-state index in [2.05, 4.69) is 53.8 Å². The molecular weight excluding hydrogens is 681 g/mol. The molecule has 0 spiro atoms. The van der Waals surface area contributed by atoms with E-state index in [1.165, 1.54) is 5.57 Å². The number of carbonyl (C=O) groups excluding carboxylic acids is 5. The molecule has 1 aliphatic heterocycles. The number of ketones is 2. The molecular formula is C45H70N2O7. The Kier molecular flexibility index (Phi) is 10.6. The summed E-state index contributed by atoms with van der Waals surface area (Å²) in [5.41, 5.74) is 0.436. The first-order chi connectivity index (χ1) is 25.1. The fourth-order valence-electron chi connectivity index (χ4n) is 13.6. The molecule has 302 valence electrons. The number of alkyl carbamates (subject to hydrolysis) is 1. The molecule has 5 aliphatic carbocycles. The van der Waals surface area contributed by atoms with E-state index in [-0.39, 0.29) is 75.5 Å². The molecule has 6 aliphatic rings. The highest BCUT2D eigenvalue weighted by atomic mass is 16.5. The number of Topliss-reactive ketones (excluding diaryl/α,β-unsaturated/α-hetero) is 2. The molecule has 3 unspecified atom stereocenters. The Hall–Kier alpha value is -2.71. The van der Waals surface area contributed by atoms with Crippen LogP contribution in [0.5, 0.6) is 0 Å². The first kappa shape index (κ1) is 40.9. The van der Waals surface area contributed by atoms with Gasteiger partial charge in [-0.1, -0.05) is 62.3 Å². The second kappa shape index (κ2) is 14.0. The number of allylic oxidation sites excluding steroid dienone is 1. The van der Waals surface area contributed by atoms with Crippen LogP contribution in [0.3, 0.4) is 0 Å². The van der Waals surface area contributed by atoms with Crippen molar-refractivity contribution >= 4 is 29.5 Å². The SMILES string of the molecule is CCOC(=O)NC1CCN(C(=O)[C@@]23CC[C@]4(C)[C@H](CCC5C4(C)CCC4C(C)(C)[C@@H](OC(=O)CC(C)(C)C(C)=O)CC[C@@]45C)C2=C(C(C)C)C(=O)C3)CC1. The highest BCUT2D eigenvalue weighted by Crippen LogP contribution is 2.77. The summed E-state index contributed by atoms with van der Waals surface area (Å²) in [6.07, 6.45) is 8.79. The van der Waals surface area contributed by atoms with Crippen molar-refractivity contribution in [1.29, 1.82) is 0 Å². The lowest BCUT2D eigenvalue weighted by molar-refractivity contribution is -0.233. The number of likely N-dealkylation sites (tertiary alicyclic amines) is 1. The fourth-order valence-corrected chi connectivity index (χ4v) is 13.6. The highest BCUT2D eigenvalue weighted by Gasteiger charge is 2.71. The van der Waals surface area contributed by atoms with Crippen molar-refractivity contribution in [3.05, 3.63) is 11.1 Å². The van der Waals surface area contributed by atoms with Crippen molar-refractivity contribution in [2.45, 2.75) is 165 Å². The lowest BCUT2D eigenvalue weighted by Gasteiger charge is -2.72. The first-order valence-electron chi connectivity index (χ1n) is 21.3. The quantitative estimate of drug-likeness (QED) is 0.247. The number of hydrogen-bond acceptors (Lipinski definition) is 7. The molecule has 1 N–H and O–H groups in total. The maximum atomic E-state index is 14.9. The van der Waals surface area contributed by atoms with Gasteiger partial charge in [0, 0.05) is 36.4 Å². The summed E-state index contributed by atoms with van der Waals surface area (Å²) >= 11 is 0. The van der Waals surface area contributed by atoms with E-state index >= 15 is 0 Å². The van der Waals surface area contributed by atoms with Gasteiger partial charge < -0.3 is 19.7 Å². The molecule has 0 aromatic heterocycles. The number of rotatable bonds is 8. The van der Waals surface area contributed by atoms with E-state index in [0.29, 0.717) is 57.2 Å². The van der Waals surface area contributed by atoms with Crippen LogP contribution in [0, 0.1) is 56.2 Å². The van der Waals surface area contributed by atoms with Crippen molar-refractivity contribution in [3.63, 3.8) is 0 Å². The minimum Gasteiger partial charge on any atom is -0.462 e. The second-order valence-corrected chi connectivity index (χ2v) is 20.7. The van der Waals surface area contributed by atoms with Gasteiger partial charge in [-0.3, -0.25) is 19.2 Å². The van der Waals surface area contributed by atoms with Crippen LogP contribution >= 0.6 is 0 Å². The molecule has 8 atom stereocenters. The summed E-state index contributed by atoms with van der Waals surface area (Å²) in [5.74, 6) is 1.12. The molecule has 1 heterocycles. The van der Waals surface area contributed by atoms with Gasteiger partial charge in [0.15, 0.2) is 5.78 Å². The Morgan fingerprint density at radius 2 is 1.54 bits per heavy atom. The lowest BCUT2D eigenvalue weighted by atomic mass is 9.33. The highest BCUT2D eigenvalue weighted by molar-refractivity contribution is 6.07. The van der Waals surface area contributed by atoms with Crippen LogP contribution in [0.15, 0.2) is 11.1 Å². The van der Waals surface area contributed by atoms with Gasteiger partial charge in [0.2, 0.25) is 5.91 Å². The third-order valence-corrected chi connectivity index (χ3v) is 17.0. The van der Waals surface area contributed by atoms with Gasteiger partial charge in [0.1, 0.15) is 11.9 Å². The Balaban J connectivity index is 1.26. The molecule has 9 nitrogen and oxygen atoms in total. The van der Waals surface area contributed by atoms with E-state index in [1.807, 2.05) is 18.7 Å². The molecule has 5 fully saturated rings. The predicted molar refractivity (Wildman–Crippen MR) is 208 cm³/mol. The van der Waals surface area contributed by atoms with Gasteiger partial charge in [-0.05, 0) is 129 Å². The van der Waals surface area contributed by atoms with E-state index in [9.17, 15) is 24.0 Å². The molecule has 54 heavy (non-hydrogen) atoms. The average Bonchev–Trinajstić information content (AvgIpc) is 3.39. The number of nitrogens with zero attached hydrogens (tertiary/aromatic N) is 1. The number of fused-ring (bicyclic) bond motifs is 7. The van der Waals surface area contributed by atoms with Crippen LogP contribution in [0.4, 0.5) is 4.79 Å². The minimum absolute atomic E-state index is 0.00169. The van der Waals surface area contributed by atoms with Crippen molar-refractivity contribution in [2.24, 2.45) is 56.2 Å². The fraction of sp³-hybridized carbons (Fsp3) is 0.844. The topological polar surface area (TPSA) is 119 Å². The van der Waals surface area contributed by atoms with E-state index in [4.69, 9.17) is 9.47 Å². The zero-order valence-electron chi connectivity index (χ0n) is 35.4. The predicted octanol–water partition coefficient (Wildman–Crippen LogP) is 8.62. The normalized spacial score (nSPS) is 37.9. The maximum Gasteiger partial charge on any atom is 0.407 e. The van der Waals surface area contributed by atoms with Crippen molar-refractivity contribution in [1.82, 2.24) is 10.2 Å². The van der Waals surface area contributed by atoms with E-state index < -0.39 is 16.9 Å². The third-order valence-electron chi connectivity index (χ3n) is 17.0. The Morgan fingerprint density at radius 3 is 2.15 bits per heavy atom. The van der Waals surface area contributed by atoms with Crippen LogP contribution in [0.1, 0.15) is 153 Å². The monoisotopic (exact) mass is 751 g/mol. The summed E-state index contributed by atoms with van der Waals surface area (Å²) in [6, 6.07) is -0.0237. The molecule has 1 saturated heterocycles. The largest absolute Gasteiger partial charge is 0.462 e. The average molecular weight is 751 g/mol. The molecule has 0 radical (unpaired) electrons. The van der Waals surface area contributed by atoms with Gasteiger partial charge in [0.25, 0.3) is 0 Å². The summed E-state index contributed by atoms with van der Waals surface area (Å²) < 4.78 is 11.4. The number of esters is 1. The number of piperidine rings is 1. The number of amides is 2. The van der Waals surface area contributed by atoms with Crippen LogP contribution in [0.25, 0.3) is 0 Å². The zero-order valence-corrected chi connectivity index (χ0v) is 35.4. The molecule has 2 amide bonds. The number of nitrogens with one attached hydrogen (secondary N) is 1. The molecule has 4 saturated carbocycles. The Morgan fingerprint density at radius 1 is 0.870 bits per heavy atom. The van der Waals surface area contributed by atoms with Gasteiger partial charge in [0.05, 0.1) is 18.4 Å². The standard InChI is InChI=1S/C45H70N2O7/c1-12-53-39(52)46-29-17-23-47(24-18-29)38(51)45-22-21-43(10)30(37(45)36(27(2)3)31(49)25-45)13-14-33-42(9)19-16-34(54-35(50)26-40(5,6)28(4)48)41(7,8)32(42)15-20-44(33,43)11/h27,29-30,32-34H,12-26H2,1-11H3,(H,46,52)/t30-,32?,33?,34+,42+,43-,44?,45-/m1/s1. The third kappa shape index (κ3) is 6.28. The van der Waals surface area contributed by atoms with Gasteiger partial charge >= 0.3 is 12.1 Å². The molecule has 0 aromatic carbocycles. The van der Waals surface area contributed by atoms with Crippen LogP contribution < -0.4 is 5.32 Å². The van der Waals surface area contributed by atoms with Crippen molar-refractivity contribution in [3.8, 4) is 0 Å². The Bertz CT molecular complexity index is 1590. The van der Waals surface area contributed by atoms with Crippen LogP contribution in [-0.4, -0.2) is 66.3 Å². The first-order valence-corrected chi connectivity index (χ1v) is 21.3. The molecule has 0 aromatic rings. The number of hydrogen-bond donors (Lipinski definition) is 1. The van der Waals surface area contributed by atoms with E-state index in [0.717, 1.165) is 50.5 Å². The summed E-state index contributed by atoms with van der Waals surface area (Å²) in [5, 5.41) is 2.96. The lowest BCUT2D eigenvalue weighted by Crippen LogP contribution is -2.66. The summed E-state index contributed by atoms with van der Waals surface area (Å²) in [7, 11) is 0. The summed E-state index contributed by atoms with van der Waals surface area (Å²) in [4.78, 5) is 68.6. The summed E-state index contributed by atoms with van der Waals surface area (Å²) in [6.45, 7) is 24.9. The zero-order chi connectivity index (χ0) is 39.8. The molecule has 6 rings (SSSR count). The second-order valence-electron chi connectivity index (χ2n) is 20.7. The van der Waals surface area contributed by atoms with Gasteiger partial charge in [-0.15, -0.1) is 0 Å². The maximum absolute atomic E-state index is 14.9. The molecule has 9 heteroatoms. The van der Waals surface area contributed by atoms with Gasteiger partial charge in [-0.25, -0.2) is 4.79 Å². The minimum atomic E-state index is -0.770. The van der Waals surface area contributed by atoms with Crippen molar-refractivity contribution in [2.75, 3.05) is 19.7 Å². The van der Waals surface area contributed by atoms with Crippen LogP contribution in [0.2, 0.25) is 0 Å². The van der Waals surface area contributed by atoms with Gasteiger partial charge in [-0.2, -0.15) is 0 Å². The van der Waals surface area contributed by atoms with E-state index in [1.54, 1.807) is 13.8 Å². The molecule has 0 bridgehead atoms.